The molecule has 0 aliphatic rings. The van der Waals surface area contributed by atoms with Crippen molar-refractivity contribution in [3.63, 3.8) is 0 Å². The standard InChI is InChI=1S/C8H17N3OS/c1-6(2)10-8(12)11(4)5-13-7(3)9/h6,9H,5H2,1-4H3,(H,10,12). The van der Waals surface area contributed by atoms with E-state index >= 15 is 0 Å². The van der Waals surface area contributed by atoms with E-state index in [-0.39, 0.29) is 12.1 Å². The zero-order valence-electron chi connectivity index (χ0n) is 8.55. The second kappa shape index (κ2) is 5.85. The molecule has 0 aromatic carbocycles. The first-order chi connectivity index (χ1) is 5.93. The lowest BCUT2D eigenvalue weighted by Crippen LogP contribution is -2.40. The Morgan fingerprint density at radius 1 is 1.62 bits per heavy atom. The zero-order chi connectivity index (χ0) is 10.4. The molecule has 0 aromatic rings. The first kappa shape index (κ1) is 12.3. The van der Waals surface area contributed by atoms with Crippen LogP contribution in [0.5, 0.6) is 0 Å². The molecule has 0 rings (SSSR count). The number of thioether (sulfide) groups is 1. The van der Waals surface area contributed by atoms with Crippen molar-refractivity contribution in [3.8, 4) is 0 Å². The minimum Gasteiger partial charge on any atom is -0.336 e. The molecule has 0 aliphatic carbocycles. The Balaban J connectivity index is 3.76. The van der Waals surface area contributed by atoms with E-state index in [0.717, 1.165) is 0 Å². The first-order valence-electron chi connectivity index (χ1n) is 4.13. The summed E-state index contributed by atoms with van der Waals surface area (Å²) >= 11 is 1.34. The molecule has 0 aromatic heterocycles. The Bertz CT molecular complexity index is 194. The minimum atomic E-state index is -0.0937. The van der Waals surface area contributed by atoms with Gasteiger partial charge in [-0.1, -0.05) is 11.8 Å². The van der Waals surface area contributed by atoms with Crippen LogP contribution < -0.4 is 5.32 Å². The monoisotopic (exact) mass is 203 g/mol. The minimum absolute atomic E-state index is 0.0937. The molecule has 76 valence electrons. The van der Waals surface area contributed by atoms with Gasteiger partial charge in [0.1, 0.15) is 0 Å². The van der Waals surface area contributed by atoms with E-state index in [1.165, 1.54) is 11.8 Å². The van der Waals surface area contributed by atoms with Crippen LogP contribution in [0.4, 0.5) is 4.79 Å². The third kappa shape index (κ3) is 6.45. The van der Waals surface area contributed by atoms with Gasteiger partial charge in [-0.25, -0.2) is 4.79 Å². The van der Waals surface area contributed by atoms with E-state index in [2.05, 4.69) is 5.32 Å². The topological polar surface area (TPSA) is 56.2 Å². The van der Waals surface area contributed by atoms with E-state index in [9.17, 15) is 4.79 Å². The molecule has 0 radical (unpaired) electrons. The SMILES string of the molecule is CC(=N)SCN(C)C(=O)NC(C)C. The van der Waals surface area contributed by atoms with Gasteiger partial charge in [0.15, 0.2) is 0 Å². The summed E-state index contributed by atoms with van der Waals surface area (Å²) in [6, 6.07) is 0.0600. The number of urea groups is 1. The number of nitrogens with zero attached hydrogens (tertiary/aromatic N) is 1. The maximum atomic E-state index is 11.3. The van der Waals surface area contributed by atoms with Crippen LogP contribution in [0.2, 0.25) is 0 Å². The van der Waals surface area contributed by atoms with E-state index in [4.69, 9.17) is 5.41 Å². The third-order valence-electron chi connectivity index (χ3n) is 1.23. The Labute approximate surface area is 83.6 Å². The lowest BCUT2D eigenvalue weighted by Gasteiger charge is -2.18. The maximum absolute atomic E-state index is 11.3. The lowest BCUT2D eigenvalue weighted by atomic mass is 10.4. The molecule has 2 amide bonds. The van der Waals surface area contributed by atoms with Crippen LogP contribution in [0.25, 0.3) is 0 Å². The second-order valence-corrected chi connectivity index (χ2v) is 4.29. The van der Waals surface area contributed by atoms with Crippen molar-refractivity contribution >= 4 is 22.8 Å². The van der Waals surface area contributed by atoms with Crippen LogP contribution in [0.1, 0.15) is 20.8 Å². The van der Waals surface area contributed by atoms with E-state index in [0.29, 0.717) is 10.9 Å². The molecule has 0 bridgehead atoms. The fourth-order valence-corrected chi connectivity index (χ4v) is 1.11. The third-order valence-corrected chi connectivity index (χ3v) is 2.18. The van der Waals surface area contributed by atoms with Crippen molar-refractivity contribution in [1.82, 2.24) is 10.2 Å². The van der Waals surface area contributed by atoms with Crippen molar-refractivity contribution in [2.24, 2.45) is 0 Å². The van der Waals surface area contributed by atoms with E-state index < -0.39 is 0 Å². The fourth-order valence-electron chi connectivity index (χ4n) is 0.609. The molecule has 0 fully saturated rings. The quantitative estimate of drug-likeness (QED) is 0.417. The van der Waals surface area contributed by atoms with Crippen molar-refractivity contribution in [3.05, 3.63) is 0 Å². The van der Waals surface area contributed by atoms with Gasteiger partial charge >= 0.3 is 6.03 Å². The van der Waals surface area contributed by atoms with Gasteiger partial charge in [0.2, 0.25) is 0 Å². The Kier molecular flexibility index (Phi) is 5.53. The summed E-state index contributed by atoms with van der Waals surface area (Å²) in [5, 5.41) is 10.5. The largest absolute Gasteiger partial charge is 0.336 e. The lowest BCUT2D eigenvalue weighted by molar-refractivity contribution is 0.213. The molecule has 0 atom stereocenters. The summed E-state index contributed by atoms with van der Waals surface area (Å²) in [5.41, 5.74) is 0. The molecule has 13 heavy (non-hydrogen) atoms. The Hall–Kier alpha value is -0.710. The summed E-state index contributed by atoms with van der Waals surface area (Å²) in [7, 11) is 1.72. The van der Waals surface area contributed by atoms with Crippen molar-refractivity contribution in [2.45, 2.75) is 26.8 Å². The van der Waals surface area contributed by atoms with Gasteiger partial charge in [-0.15, -0.1) is 0 Å². The van der Waals surface area contributed by atoms with Crippen molar-refractivity contribution in [2.75, 3.05) is 12.9 Å². The first-order valence-corrected chi connectivity index (χ1v) is 5.11. The molecule has 0 unspecified atom stereocenters. The predicted octanol–water partition coefficient (Wildman–Crippen LogP) is 1.72. The van der Waals surface area contributed by atoms with E-state index in [1.54, 1.807) is 18.9 Å². The highest BCUT2D eigenvalue weighted by atomic mass is 32.2. The number of rotatable bonds is 3. The molecular formula is C8H17N3OS. The van der Waals surface area contributed by atoms with Crippen LogP contribution in [-0.2, 0) is 0 Å². The van der Waals surface area contributed by atoms with Crippen LogP contribution in [0.3, 0.4) is 0 Å². The molecule has 0 aliphatic heterocycles. The summed E-state index contributed by atoms with van der Waals surface area (Å²) in [6.07, 6.45) is 0. The highest BCUT2D eigenvalue weighted by Crippen LogP contribution is 2.03. The van der Waals surface area contributed by atoms with Gasteiger partial charge in [-0.2, -0.15) is 0 Å². The molecule has 4 nitrogen and oxygen atoms in total. The molecule has 0 heterocycles. The summed E-state index contributed by atoms with van der Waals surface area (Å²) in [5.74, 6) is 0.522. The summed E-state index contributed by atoms with van der Waals surface area (Å²) in [6.45, 7) is 5.54. The molecule has 2 N–H and O–H groups in total. The van der Waals surface area contributed by atoms with Gasteiger partial charge in [-0.05, 0) is 20.8 Å². The zero-order valence-corrected chi connectivity index (χ0v) is 9.36. The number of hydrogen-bond acceptors (Lipinski definition) is 3. The van der Waals surface area contributed by atoms with Gasteiger partial charge < -0.3 is 10.2 Å². The van der Waals surface area contributed by atoms with Crippen LogP contribution >= 0.6 is 11.8 Å². The molecule has 5 heteroatoms. The average molecular weight is 203 g/mol. The van der Waals surface area contributed by atoms with Gasteiger partial charge in [0.25, 0.3) is 0 Å². The summed E-state index contributed by atoms with van der Waals surface area (Å²) < 4.78 is 0. The van der Waals surface area contributed by atoms with Gasteiger partial charge in [0.05, 0.1) is 10.9 Å². The van der Waals surface area contributed by atoms with E-state index in [1.807, 2.05) is 13.8 Å². The highest BCUT2D eigenvalue weighted by Gasteiger charge is 2.08. The van der Waals surface area contributed by atoms with Crippen LogP contribution in [0, 0.1) is 5.41 Å². The Morgan fingerprint density at radius 2 is 2.15 bits per heavy atom. The maximum Gasteiger partial charge on any atom is 0.318 e. The number of carbonyl (C=O) groups is 1. The number of carbonyl (C=O) groups excluding carboxylic acids is 1. The molecule has 0 spiro atoms. The highest BCUT2D eigenvalue weighted by molar-refractivity contribution is 8.13. The molecule has 0 saturated heterocycles. The Morgan fingerprint density at radius 3 is 2.54 bits per heavy atom. The van der Waals surface area contributed by atoms with Crippen LogP contribution in [-0.4, -0.2) is 34.9 Å². The normalized spacial score (nSPS) is 9.92. The second-order valence-electron chi connectivity index (χ2n) is 3.13. The average Bonchev–Trinajstić information content (AvgIpc) is 1.98. The molecule has 0 saturated carbocycles. The van der Waals surface area contributed by atoms with Gasteiger partial charge in [0, 0.05) is 13.1 Å². The van der Waals surface area contributed by atoms with Crippen LogP contribution in [0.15, 0.2) is 0 Å². The van der Waals surface area contributed by atoms with Crippen molar-refractivity contribution < 1.29 is 4.79 Å². The summed E-state index contributed by atoms with van der Waals surface area (Å²) in [4.78, 5) is 12.9. The predicted molar refractivity (Wildman–Crippen MR) is 57.3 cm³/mol. The number of nitrogens with one attached hydrogen (secondary N) is 2. The fraction of sp³-hybridized carbons (Fsp3) is 0.750. The smallest absolute Gasteiger partial charge is 0.318 e. The number of hydrogen-bond donors (Lipinski definition) is 2. The molecular weight excluding hydrogens is 186 g/mol. The van der Waals surface area contributed by atoms with Gasteiger partial charge in [-0.3, -0.25) is 5.41 Å². The number of amides is 2. The van der Waals surface area contributed by atoms with Crippen molar-refractivity contribution in [1.29, 1.82) is 5.41 Å².